The SMILES string of the molecule is COc1ccc(N2C(=O)C(C)(C)CS2(=O)=O)cc1. The van der Waals surface area contributed by atoms with Crippen LogP contribution in [0.5, 0.6) is 5.75 Å². The molecule has 1 aliphatic rings. The molecule has 0 saturated carbocycles. The Morgan fingerprint density at radius 1 is 1.22 bits per heavy atom. The smallest absolute Gasteiger partial charge is 0.247 e. The fraction of sp³-hybridized carbons (Fsp3) is 0.417. The molecular formula is C12H15NO4S. The number of hydrogen-bond donors (Lipinski definition) is 0. The number of ether oxygens (including phenoxy) is 1. The first-order valence-electron chi connectivity index (χ1n) is 5.49. The molecule has 1 heterocycles. The van der Waals surface area contributed by atoms with Crippen LogP contribution < -0.4 is 9.04 Å². The van der Waals surface area contributed by atoms with E-state index in [9.17, 15) is 13.2 Å². The van der Waals surface area contributed by atoms with Gasteiger partial charge in [-0.1, -0.05) is 0 Å². The molecule has 0 spiro atoms. The minimum Gasteiger partial charge on any atom is -0.497 e. The average molecular weight is 269 g/mol. The van der Waals surface area contributed by atoms with Crippen molar-refractivity contribution in [3.63, 3.8) is 0 Å². The molecule has 0 radical (unpaired) electrons. The molecule has 1 amide bonds. The number of rotatable bonds is 2. The van der Waals surface area contributed by atoms with Crippen LogP contribution in [0.4, 0.5) is 5.69 Å². The Morgan fingerprint density at radius 3 is 2.17 bits per heavy atom. The second-order valence-corrected chi connectivity index (χ2v) is 6.73. The Bertz CT molecular complexity index is 575. The van der Waals surface area contributed by atoms with Gasteiger partial charge in [-0.3, -0.25) is 4.79 Å². The van der Waals surface area contributed by atoms with Gasteiger partial charge in [0.2, 0.25) is 15.9 Å². The molecule has 1 aliphatic heterocycles. The van der Waals surface area contributed by atoms with E-state index in [-0.39, 0.29) is 5.75 Å². The number of carbonyl (C=O) groups is 1. The molecule has 5 nitrogen and oxygen atoms in total. The topological polar surface area (TPSA) is 63.7 Å². The molecule has 0 aliphatic carbocycles. The van der Waals surface area contributed by atoms with Gasteiger partial charge in [0.25, 0.3) is 0 Å². The van der Waals surface area contributed by atoms with Crippen LogP contribution in [0.25, 0.3) is 0 Å². The zero-order valence-corrected chi connectivity index (χ0v) is 11.3. The molecule has 1 saturated heterocycles. The molecule has 1 fully saturated rings. The lowest BCUT2D eigenvalue weighted by molar-refractivity contribution is -0.123. The monoisotopic (exact) mass is 269 g/mol. The van der Waals surface area contributed by atoms with Gasteiger partial charge in [0.05, 0.1) is 24.0 Å². The van der Waals surface area contributed by atoms with Crippen LogP contribution in [0.15, 0.2) is 24.3 Å². The highest BCUT2D eigenvalue weighted by Crippen LogP contribution is 2.36. The van der Waals surface area contributed by atoms with Crippen molar-refractivity contribution in [3.05, 3.63) is 24.3 Å². The summed E-state index contributed by atoms with van der Waals surface area (Å²) in [6.07, 6.45) is 0. The van der Waals surface area contributed by atoms with Gasteiger partial charge in [-0.15, -0.1) is 0 Å². The van der Waals surface area contributed by atoms with E-state index < -0.39 is 21.3 Å². The van der Waals surface area contributed by atoms with Crippen LogP contribution in [0.1, 0.15) is 13.8 Å². The van der Waals surface area contributed by atoms with Crippen molar-refractivity contribution in [1.29, 1.82) is 0 Å². The first kappa shape index (κ1) is 12.9. The highest BCUT2D eigenvalue weighted by Gasteiger charge is 2.49. The van der Waals surface area contributed by atoms with Gasteiger partial charge in [0, 0.05) is 0 Å². The largest absolute Gasteiger partial charge is 0.497 e. The van der Waals surface area contributed by atoms with E-state index >= 15 is 0 Å². The van der Waals surface area contributed by atoms with Gasteiger partial charge in [0.15, 0.2) is 0 Å². The number of sulfonamides is 1. The normalized spacial score (nSPS) is 21.1. The number of hydrogen-bond acceptors (Lipinski definition) is 4. The summed E-state index contributed by atoms with van der Waals surface area (Å²) in [7, 11) is -2.05. The molecule has 0 atom stereocenters. The maximum atomic E-state index is 12.1. The zero-order valence-electron chi connectivity index (χ0n) is 10.5. The maximum absolute atomic E-state index is 12.1. The van der Waals surface area contributed by atoms with Crippen LogP contribution in [-0.4, -0.2) is 27.2 Å². The van der Waals surface area contributed by atoms with Gasteiger partial charge >= 0.3 is 0 Å². The third-order valence-electron chi connectivity index (χ3n) is 2.89. The standard InChI is InChI=1S/C12H15NO4S/c1-12(2)8-18(15,16)13(11(12)14)9-4-6-10(17-3)7-5-9/h4-7H,8H2,1-3H3. The minimum absolute atomic E-state index is 0.162. The van der Waals surface area contributed by atoms with Crippen molar-refractivity contribution in [1.82, 2.24) is 0 Å². The lowest BCUT2D eigenvalue weighted by Gasteiger charge is -2.17. The molecular weight excluding hydrogens is 254 g/mol. The molecule has 0 unspecified atom stereocenters. The Balaban J connectivity index is 2.46. The first-order valence-corrected chi connectivity index (χ1v) is 7.10. The zero-order chi connectivity index (χ0) is 13.6. The molecule has 1 aromatic rings. The molecule has 98 valence electrons. The van der Waals surface area contributed by atoms with E-state index in [0.29, 0.717) is 11.4 Å². The number of nitrogens with zero attached hydrogens (tertiary/aromatic N) is 1. The number of methoxy groups -OCH3 is 1. The third kappa shape index (κ3) is 1.96. The summed E-state index contributed by atoms with van der Waals surface area (Å²) in [5.41, 5.74) is -0.523. The predicted molar refractivity (Wildman–Crippen MR) is 68.0 cm³/mol. The van der Waals surface area contributed by atoms with Crippen molar-refractivity contribution in [2.24, 2.45) is 5.41 Å². The first-order chi connectivity index (χ1) is 8.28. The van der Waals surface area contributed by atoms with Crippen LogP contribution in [0, 0.1) is 5.41 Å². The van der Waals surface area contributed by atoms with Crippen LogP contribution in [-0.2, 0) is 14.8 Å². The van der Waals surface area contributed by atoms with Crippen LogP contribution in [0.2, 0.25) is 0 Å². The van der Waals surface area contributed by atoms with Crippen LogP contribution in [0.3, 0.4) is 0 Å². The summed E-state index contributed by atoms with van der Waals surface area (Å²) >= 11 is 0. The fourth-order valence-electron chi connectivity index (χ4n) is 1.98. The molecule has 1 aromatic carbocycles. The van der Waals surface area contributed by atoms with Gasteiger partial charge < -0.3 is 4.74 Å². The maximum Gasteiger partial charge on any atom is 0.247 e. The van der Waals surface area contributed by atoms with Crippen molar-refractivity contribution in [3.8, 4) is 5.75 Å². The van der Waals surface area contributed by atoms with Crippen molar-refractivity contribution >= 4 is 21.6 Å². The summed E-state index contributed by atoms with van der Waals surface area (Å²) in [4.78, 5) is 12.1. The molecule has 0 aromatic heterocycles. The Hall–Kier alpha value is -1.56. The van der Waals surface area contributed by atoms with Gasteiger partial charge in [0.1, 0.15) is 5.75 Å². The second kappa shape index (κ2) is 3.98. The predicted octanol–water partition coefficient (Wildman–Crippen LogP) is 1.40. The Labute approximate surface area is 106 Å². The highest BCUT2D eigenvalue weighted by atomic mass is 32.2. The number of benzene rings is 1. The van der Waals surface area contributed by atoms with E-state index in [0.717, 1.165) is 4.31 Å². The Kier molecular flexibility index (Phi) is 2.85. The van der Waals surface area contributed by atoms with Crippen LogP contribution >= 0.6 is 0 Å². The molecule has 0 bridgehead atoms. The lowest BCUT2D eigenvalue weighted by Crippen LogP contribution is -2.32. The van der Waals surface area contributed by atoms with Gasteiger partial charge in [-0.25, -0.2) is 12.7 Å². The molecule has 6 heteroatoms. The molecule has 0 N–H and O–H groups in total. The molecule has 2 rings (SSSR count). The summed E-state index contributed by atoms with van der Waals surface area (Å²) < 4.78 is 29.9. The van der Waals surface area contributed by atoms with Crippen molar-refractivity contribution in [2.75, 3.05) is 17.2 Å². The highest BCUT2D eigenvalue weighted by molar-refractivity contribution is 7.94. The molecule has 18 heavy (non-hydrogen) atoms. The van der Waals surface area contributed by atoms with E-state index in [1.807, 2.05) is 0 Å². The number of anilines is 1. The fourth-order valence-corrected chi connectivity index (χ4v) is 4.09. The van der Waals surface area contributed by atoms with Gasteiger partial charge in [-0.2, -0.15) is 0 Å². The van der Waals surface area contributed by atoms with E-state index in [4.69, 9.17) is 4.74 Å². The van der Waals surface area contributed by atoms with Crippen molar-refractivity contribution in [2.45, 2.75) is 13.8 Å². The summed E-state index contributed by atoms with van der Waals surface area (Å²) in [6.45, 7) is 3.27. The van der Waals surface area contributed by atoms with E-state index in [1.54, 1.807) is 38.1 Å². The summed E-state index contributed by atoms with van der Waals surface area (Å²) in [6, 6.07) is 6.39. The summed E-state index contributed by atoms with van der Waals surface area (Å²) in [5, 5.41) is 0. The minimum atomic E-state index is -3.57. The average Bonchev–Trinajstić information content (AvgIpc) is 2.44. The van der Waals surface area contributed by atoms with E-state index in [1.165, 1.54) is 7.11 Å². The lowest BCUT2D eigenvalue weighted by atomic mass is 9.95. The van der Waals surface area contributed by atoms with E-state index in [2.05, 4.69) is 0 Å². The van der Waals surface area contributed by atoms with Crippen molar-refractivity contribution < 1.29 is 17.9 Å². The quantitative estimate of drug-likeness (QED) is 0.814. The summed E-state index contributed by atoms with van der Waals surface area (Å²) in [5.74, 6) is 0.0555. The second-order valence-electron chi connectivity index (χ2n) is 4.91. The van der Waals surface area contributed by atoms with Gasteiger partial charge in [-0.05, 0) is 38.1 Å². The third-order valence-corrected chi connectivity index (χ3v) is 4.91. The Morgan fingerprint density at radius 2 is 1.78 bits per heavy atom. The number of amides is 1. The number of carbonyl (C=O) groups excluding carboxylic acids is 1.